The van der Waals surface area contributed by atoms with Crippen molar-refractivity contribution in [2.75, 3.05) is 6.54 Å². The average Bonchev–Trinajstić information content (AvgIpc) is 2.90. The highest BCUT2D eigenvalue weighted by atomic mass is 19.2. The number of aromatic nitrogens is 2. The monoisotopic (exact) mass is 285 g/mol. The van der Waals surface area contributed by atoms with E-state index in [0.717, 1.165) is 18.6 Å². The molecule has 1 aromatic carbocycles. The summed E-state index contributed by atoms with van der Waals surface area (Å²) in [7, 11) is 0. The van der Waals surface area contributed by atoms with Gasteiger partial charge in [0.05, 0.1) is 0 Å². The first kappa shape index (κ1) is 14.5. The van der Waals surface area contributed by atoms with E-state index in [-0.39, 0.29) is 17.3 Å². The van der Waals surface area contributed by atoms with Gasteiger partial charge < -0.3 is 10.3 Å². The van der Waals surface area contributed by atoms with Gasteiger partial charge in [0.15, 0.2) is 17.5 Å². The summed E-state index contributed by atoms with van der Waals surface area (Å²) >= 11 is 0. The highest BCUT2D eigenvalue weighted by Crippen LogP contribution is 2.22. The molecule has 2 N–H and O–H groups in total. The van der Waals surface area contributed by atoms with Crippen LogP contribution in [0.1, 0.15) is 19.2 Å². The summed E-state index contributed by atoms with van der Waals surface area (Å²) in [4.78, 5) is 4.04. The Hall–Kier alpha value is -1.89. The number of nitrogens with two attached hydrogens (primary N) is 1. The van der Waals surface area contributed by atoms with E-state index in [9.17, 15) is 13.2 Å². The second-order valence-electron chi connectivity index (χ2n) is 4.48. The minimum atomic E-state index is -1.52. The third-order valence-corrected chi connectivity index (χ3v) is 3.08. The van der Waals surface area contributed by atoms with E-state index in [2.05, 4.69) is 10.1 Å². The van der Waals surface area contributed by atoms with Crippen molar-refractivity contribution in [1.82, 2.24) is 10.1 Å². The van der Waals surface area contributed by atoms with Crippen molar-refractivity contribution in [1.29, 1.82) is 0 Å². The lowest BCUT2D eigenvalue weighted by Gasteiger charge is -2.07. The topological polar surface area (TPSA) is 64.9 Å². The molecule has 0 aliphatic rings. The Morgan fingerprint density at radius 2 is 1.90 bits per heavy atom. The first-order valence-corrected chi connectivity index (χ1v) is 6.22. The number of nitrogens with zero attached hydrogens (tertiary/aromatic N) is 2. The molecule has 1 atom stereocenters. The van der Waals surface area contributed by atoms with Crippen molar-refractivity contribution in [3.8, 4) is 11.4 Å². The molecule has 20 heavy (non-hydrogen) atoms. The average molecular weight is 285 g/mol. The molecule has 2 aromatic rings. The summed E-state index contributed by atoms with van der Waals surface area (Å²) in [5.74, 6) is -3.55. The molecule has 0 aliphatic carbocycles. The minimum Gasteiger partial charge on any atom is -0.339 e. The second-order valence-corrected chi connectivity index (χ2v) is 4.48. The van der Waals surface area contributed by atoms with E-state index < -0.39 is 17.5 Å². The van der Waals surface area contributed by atoms with Crippen molar-refractivity contribution < 1.29 is 17.7 Å². The van der Waals surface area contributed by atoms with Crippen molar-refractivity contribution >= 4 is 0 Å². The van der Waals surface area contributed by atoms with Gasteiger partial charge in [0.1, 0.15) is 0 Å². The number of rotatable bonds is 5. The lowest BCUT2D eigenvalue weighted by molar-refractivity contribution is 0.350. The molecule has 0 saturated carbocycles. The fraction of sp³-hybridized carbons (Fsp3) is 0.385. The molecule has 0 spiro atoms. The van der Waals surface area contributed by atoms with Crippen LogP contribution in [0.5, 0.6) is 0 Å². The first-order chi connectivity index (χ1) is 9.55. The van der Waals surface area contributed by atoms with Gasteiger partial charge in [-0.2, -0.15) is 4.98 Å². The van der Waals surface area contributed by atoms with E-state index in [1.165, 1.54) is 0 Å². The van der Waals surface area contributed by atoms with Crippen LogP contribution in [-0.2, 0) is 6.42 Å². The first-order valence-electron chi connectivity index (χ1n) is 6.22. The fourth-order valence-electron chi connectivity index (χ4n) is 1.78. The van der Waals surface area contributed by atoms with Crippen molar-refractivity contribution in [3.63, 3.8) is 0 Å². The van der Waals surface area contributed by atoms with Gasteiger partial charge in [-0.05, 0) is 24.6 Å². The summed E-state index contributed by atoms with van der Waals surface area (Å²) < 4.78 is 44.1. The molecule has 0 amide bonds. The zero-order chi connectivity index (χ0) is 14.7. The van der Waals surface area contributed by atoms with Crippen molar-refractivity contribution in [2.45, 2.75) is 19.8 Å². The zero-order valence-electron chi connectivity index (χ0n) is 10.9. The predicted octanol–water partition coefficient (Wildman–Crippen LogP) is 2.68. The molecular weight excluding hydrogens is 271 g/mol. The van der Waals surface area contributed by atoms with Gasteiger partial charge in [-0.15, -0.1) is 0 Å². The normalized spacial score (nSPS) is 12.7. The Balaban J connectivity index is 2.24. The van der Waals surface area contributed by atoms with Crippen LogP contribution < -0.4 is 5.73 Å². The molecule has 0 saturated heterocycles. The van der Waals surface area contributed by atoms with Gasteiger partial charge in [-0.1, -0.05) is 18.5 Å². The molecular formula is C13H14F3N3O. The maximum Gasteiger partial charge on any atom is 0.227 e. The largest absolute Gasteiger partial charge is 0.339 e. The molecule has 7 heteroatoms. The number of halogens is 3. The third-order valence-electron chi connectivity index (χ3n) is 3.08. The van der Waals surface area contributed by atoms with Gasteiger partial charge in [0.25, 0.3) is 0 Å². The maximum absolute atomic E-state index is 13.1. The lowest BCUT2D eigenvalue weighted by atomic mass is 10.0. The molecule has 1 aromatic heterocycles. The minimum absolute atomic E-state index is 0.0182. The lowest BCUT2D eigenvalue weighted by Crippen LogP contribution is -2.15. The molecule has 2 rings (SSSR count). The number of hydrogen-bond donors (Lipinski definition) is 1. The molecule has 0 fully saturated rings. The molecule has 0 aliphatic heterocycles. The highest BCUT2D eigenvalue weighted by Gasteiger charge is 2.17. The van der Waals surface area contributed by atoms with Crippen LogP contribution in [0.25, 0.3) is 11.4 Å². The predicted molar refractivity (Wildman–Crippen MR) is 66.1 cm³/mol. The van der Waals surface area contributed by atoms with Crippen LogP contribution in [-0.4, -0.2) is 16.7 Å². The Morgan fingerprint density at radius 1 is 1.25 bits per heavy atom. The summed E-state index contributed by atoms with van der Waals surface area (Å²) in [6.45, 7) is 2.47. The van der Waals surface area contributed by atoms with E-state index in [1.54, 1.807) is 0 Å². The summed E-state index contributed by atoms with van der Waals surface area (Å²) in [5.41, 5.74) is 5.60. The van der Waals surface area contributed by atoms with Gasteiger partial charge in [0, 0.05) is 12.0 Å². The van der Waals surface area contributed by atoms with Crippen LogP contribution >= 0.6 is 0 Å². The van der Waals surface area contributed by atoms with Gasteiger partial charge in [-0.25, -0.2) is 13.2 Å². The van der Waals surface area contributed by atoms with Gasteiger partial charge in [-0.3, -0.25) is 0 Å². The van der Waals surface area contributed by atoms with Gasteiger partial charge in [0.2, 0.25) is 11.7 Å². The Kier molecular flexibility index (Phi) is 4.39. The van der Waals surface area contributed by atoms with E-state index in [0.29, 0.717) is 18.9 Å². The van der Waals surface area contributed by atoms with E-state index >= 15 is 0 Å². The Morgan fingerprint density at radius 3 is 2.45 bits per heavy atom. The SMILES string of the molecule is CCC(CN)Cc1nc(-c2cc(F)c(F)c(F)c2)no1. The highest BCUT2D eigenvalue weighted by molar-refractivity contribution is 5.54. The molecule has 0 bridgehead atoms. The van der Waals surface area contributed by atoms with Crippen LogP contribution in [0.3, 0.4) is 0 Å². The molecule has 1 heterocycles. The van der Waals surface area contributed by atoms with Crippen LogP contribution in [0.2, 0.25) is 0 Å². The van der Waals surface area contributed by atoms with Crippen molar-refractivity contribution in [2.24, 2.45) is 11.7 Å². The molecule has 4 nitrogen and oxygen atoms in total. The molecule has 1 unspecified atom stereocenters. The summed E-state index contributed by atoms with van der Waals surface area (Å²) in [6.07, 6.45) is 1.35. The Bertz CT molecular complexity index is 573. The van der Waals surface area contributed by atoms with Crippen LogP contribution in [0, 0.1) is 23.4 Å². The van der Waals surface area contributed by atoms with Gasteiger partial charge >= 0.3 is 0 Å². The van der Waals surface area contributed by atoms with E-state index in [1.807, 2.05) is 6.92 Å². The summed E-state index contributed by atoms with van der Waals surface area (Å²) in [5, 5.41) is 3.64. The second kappa shape index (κ2) is 6.04. The maximum atomic E-state index is 13.1. The number of hydrogen-bond acceptors (Lipinski definition) is 4. The quantitative estimate of drug-likeness (QED) is 0.858. The van der Waals surface area contributed by atoms with Crippen LogP contribution in [0.15, 0.2) is 16.7 Å². The van der Waals surface area contributed by atoms with Crippen LogP contribution in [0.4, 0.5) is 13.2 Å². The van der Waals surface area contributed by atoms with E-state index in [4.69, 9.17) is 10.3 Å². The summed E-state index contributed by atoms with van der Waals surface area (Å²) in [6, 6.07) is 1.65. The number of benzene rings is 1. The fourth-order valence-corrected chi connectivity index (χ4v) is 1.78. The standard InChI is InChI=1S/C13H14F3N3O/c1-2-7(6-17)3-11-18-13(19-20-11)8-4-9(14)12(16)10(15)5-8/h4-5,7H,2-3,6,17H2,1H3. The smallest absolute Gasteiger partial charge is 0.227 e. The Labute approximate surface area is 113 Å². The van der Waals surface area contributed by atoms with Crippen molar-refractivity contribution in [3.05, 3.63) is 35.5 Å². The molecule has 0 radical (unpaired) electrons. The zero-order valence-corrected chi connectivity index (χ0v) is 10.9. The third kappa shape index (κ3) is 2.98. The molecule has 108 valence electrons.